The zero-order valence-electron chi connectivity index (χ0n) is 20.4. The molecule has 0 bridgehead atoms. The molecule has 8 N–H and O–H groups in total. The Hall–Kier alpha value is -3.48. The van der Waals surface area contributed by atoms with Crippen molar-refractivity contribution in [2.24, 2.45) is 17.6 Å². The van der Waals surface area contributed by atoms with Crippen LogP contribution in [0, 0.1) is 11.8 Å². The molecule has 5 unspecified atom stereocenters. The number of imidazole rings is 1. The summed E-state index contributed by atoms with van der Waals surface area (Å²) in [5.74, 6) is -5.21. The number of carbonyl (C=O) groups excluding carboxylic acids is 3. The van der Waals surface area contributed by atoms with E-state index in [1.54, 1.807) is 20.8 Å². The lowest BCUT2D eigenvalue weighted by molar-refractivity contribution is -0.143. The van der Waals surface area contributed by atoms with E-state index in [0.717, 1.165) is 0 Å². The summed E-state index contributed by atoms with van der Waals surface area (Å²) in [6.07, 6.45) is 2.74. The Morgan fingerprint density at radius 2 is 1.54 bits per heavy atom. The van der Waals surface area contributed by atoms with E-state index in [-0.39, 0.29) is 24.7 Å². The maximum atomic E-state index is 13.0. The third-order valence-electron chi connectivity index (χ3n) is 5.51. The predicted octanol–water partition coefficient (Wildman–Crippen LogP) is -0.615. The molecule has 1 aromatic heterocycles. The maximum absolute atomic E-state index is 13.0. The van der Waals surface area contributed by atoms with E-state index in [2.05, 4.69) is 25.9 Å². The summed E-state index contributed by atoms with van der Waals surface area (Å²) in [5.41, 5.74) is 6.36. The highest BCUT2D eigenvalue weighted by Crippen LogP contribution is 2.09. The van der Waals surface area contributed by atoms with Gasteiger partial charge in [0.15, 0.2) is 0 Å². The average molecular weight is 497 g/mol. The maximum Gasteiger partial charge on any atom is 0.326 e. The van der Waals surface area contributed by atoms with Gasteiger partial charge in [0.25, 0.3) is 0 Å². The Kier molecular flexibility index (Phi) is 11.9. The number of hydrogen-bond acceptors (Lipinski definition) is 7. The Labute approximate surface area is 203 Å². The number of carboxylic acids is 2. The van der Waals surface area contributed by atoms with Crippen molar-refractivity contribution in [1.29, 1.82) is 0 Å². The van der Waals surface area contributed by atoms with Crippen molar-refractivity contribution < 1.29 is 34.2 Å². The monoisotopic (exact) mass is 496 g/mol. The van der Waals surface area contributed by atoms with Crippen molar-refractivity contribution >= 4 is 29.7 Å². The largest absolute Gasteiger partial charge is 0.481 e. The lowest BCUT2D eigenvalue weighted by Gasteiger charge is -2.25. The minimum atomic E-state index is -1.50. The fourth-order valence-electron chi connectivity index (χ4n) is 3.23. The summed E-state index contributed by atoms with van der Waals surface area (Å²) in [6.45, 7) is 7.18. The van der Waals surface area contributed by atoms with Crippen LogP contribution in [-0.4, -0.2) is 74.0 Å². The number of aromatic nitrogens is 2. The molecular weight excluding hydrogens is 460 g/mol. The third kappa shape index (κ3) is 10.1. The number of aromatic amines is 1. The van der Waals surface area contributed by atoms with Crippen molar-refractivity contribution in [1.82, 2.24) is 25.9 Å². The van der Waals surface area contributed by atoms with Gasteiger partial charge >= 0.3 is 11.9 Å². The van der Waals surface area contributed by atoms with Crippen molar-refractivity contribution in [3.05, 3.63) is 18.2 Å². The quantitative estimate of drug-likeness (QED) is 0.164. The van der Waals surface area contributed by atoms with Gasteiger partial charge < -0.3 is 36.9 Å². The van der Waals surface area contributed by atoms with Gasteiger partial charge in [0.2, 0.25) is 17.7 Å². The molecule has 0 spiro atoms. The van der Waals surface area contributed by atoms with E-state index in [1.165, 1.54) is 12.5 Å². The van der Waals surface area contributed by atoms with Gasteiger partial charge in [-0.2, -0.15) is 0 Å². The Balaban J connectivity index is 3.09. The normalized spacial score (nSPS) is 15.4. The van der Waals surface area contributed by atoms with Gasteiger partial charge in [0, 0.05) is 18.3 Å². The van der Waals surface area contributed by atoms with Crippen molar-refractivity contribution in [2.75, 3.05) is 0 Å². The predicted molar refractivity (Wildman–Crippen MR) is 125 cm³/mol. The average Bonchev–Trinajstić information content (AvgIpc) is 3.28. The van der Waals surface area contributed by atoms with Crippen LogP contribution in [-0.2, 0) is 30.4 Å². The highest BCUT2D eigenvalue weighted by atomic mass is 16.4. The number of amides is 3. The van der Waals surface area contributed by atoms with Crippen molar-refractivity contribution in [3.8, 4) is 0 Å². The van der Waals surface area contributed by atoms with E-state index in [0.29, 0.717) is 12.1 Å². The fraction of sp³-hybridized carbons (Fsp3) is 0.636. The van der Waals surface area contributed by atoms with Crippen LogP contribution in [0.25, 0.3) is 0 Å². The standard InChI is InChI=1S/C22H36N6O7/c1-5-12(4)18(23)21(33)27-15(8-17(29)30)20(32)26-14(7-13-9-24-10-25-13)19(31)28-16(22(34)35)6-11(2)3/h9-12,14-16,18H,5-8,23H2,1-4H3,(H,24,25)(H,26,32)(H,27,33)(H,28,31)(H,29,30)(H,34,35). The van der Waals surface area contributed by atoms with Crippen molar-refractivity contribution in [2.45, 2.75) is 77.5 Å². The summed E-state index contributed by atoms with van der Waals surface area (Å²) in [4.78, 5) is 68.0. The molecule has 0 saturated heterocycles. The highest BCUT2D eigenvalue weighted by Gasteiger charge is 2.32. The van der Waals surface area contributed by atoms with Crippen LogP contribution in [0.5, 0.6) is 0 Å². The first-order valence-corrected chi connectivity index (χ1v) is 11.4. The second-order valence-corrected chi connectivity index (χ2v) is 8.94. The number of hydrogen-bond donors (Lipinski definition) is 7. The molecule has 3 amide bonds. The molecule has 196 valence electrons. The fourth-order valence-corrected chi connectivity index (χ4v) is 3.23. The molecule has 1 rings (SSSR count). The van der Waals surface area contributed by atoms with E-state index >= 15 is 0 Å². The number of nitrogens with one attached hydrogen (secondary N) is 4. The second-order valence-electron chi connectivity index (χ2n) is 8.94. The van der Waals surface area contributed by atoms with E-state index in [4.69, 9.17) is 5.73 Å². The first-order valence-electron chi connectivity index (χ1n) is 11.4. The summed E-state index contributed by atoms with van der Waals surface area (Å²) in [6, 6.07) is -4.92. The van der Waals surface area contributed by atoms with Gasteiger partial charge in [-0.1, -0.05) is 34.1 Å². The molecule has 1 aromatic rings. The van der Waals surface area contributed by atoms with Gasteiger partial charge in [-0.3, -0.25) is 19.2 Å². The number of H-pyrrole nitrogens is 1. The first kappa shape index (κ1) is 29.6. The molecule has 0 fully saturated rings. The molecule has 35 heavy (non-hydrogen) atoms. The minimum Gasteiger partial charge on any atom is -0.481 e. The van der Waals surface area contributed by atoms with Crippen LogP contribution in [0.15, 0.2) is 12.5 Å². The molecule has 13 nitrogen and oxygen atoms in total. The topological polar surface area (TPSA) is 217 Å². The molecule has 0 aliphatic carbocycles. The van der Waals surface area contributed by atoms with Gasteiger partial charge in [0.1, 0.15) is 18.1 Å². The smallest absolute Gasteiger partial charge is 0.326 e. The molecule has 0 aliphatic rings. The van der Waals surface area contributed by atoms with Gasteiger partial charge in [-0.25, -0.2) is 9.78 Å². The van der Waals surface area contributed by atoms with Crippen LogP contribution in [0.2, 0.25) is 0 Å². The Morgan fingerprint density at radius 1 is 0.971 bits per heavy atom. The summed E-state index contributed by atoms with van der Waals surface area (Å²) in [7, 11) is 0. The molecule has 0 aromatic carbocycles. The summed E-state index contributed by atoms with van der Waals surface area (Å²) >= 11 is 0. The second kappa shape index (κ2) is 14.0. The van der Waals surface area contributed by atoms with Crippen LogP contribution < -0.4 is 21.7 Å². The van der Waals surface area contributed by atoms with Crippen LogP contribution in [0.3, 0.4) is 0 Å². The number of rotatable bonds is 15. The molecule has 0 aliphatic heterocycles. The lowest BCUT2D eigenvalue weighted by Crippen LogP contribution is -2.58. The molecule has 13 heteroatoms. The van der Waals surface area contributed by atoms with Crippen molar-refractivity contribution in [3.63, 3.8) is 0 Å². The molecule has 0 saturated carbocycles. The Morgan fingerprint density at radius 3 is 2.03 bits per heavy atom. The number of carboxylic acid groups (broad SMARTS) is 2. The number of nitrogens with zero attached hydrogens (tertiary/aromatic N) is 1. The number of carbonyl (C=O) groups is 5. The van der Waals surface area contributed by atoms with Gasteiger partial charge in [0.05, 0.1) is 18.8 Å². The molecule has 5 atom stereocenters. The van der Waals surface area contributed by atoms with Gasteiger partial charge in [-0.15, -0.1) is 0 Å². The zero-order chi connectivity index (χ0) is 26.7. The SMILES string of the molecule is CCC(C)C(N)C(=O)NC(CC(=O)O)C(=O)NC(Cc1cnc[nH]1)C(=O)NC(CC(C)C)C(=O)O. The minimum absolute atomic E-state index is 0.0260. The summed E-state index contributed by atoms with van der Waals surface area (Å²) < 4.78 is 0. The zero-order valence-corrected chi connectivity index (χ0v) is 20.4. The summed E-state index contributed by atoms with van der Waals surface area (Å²) in [5, 5.41) is 25.9. The van der Waals surface area contributed by atoms with E-state index in [9.17, 15) is 34.2 Å². The van der Waals surface area contributed by atoms with E-state index < -0.39 is 60.2 Å². The third-order valence-corrected chi connectivity index (χ3v) is 5.51. The van der Waals surface area contributed by atoms with Crippen LogP contribution >= 0.6 is 0 Å². The van der Waals surface area contributed by atoms with Crippen LogP contribution in [0.1, 0.15) is 52.7 Å². The molecule has 1 heterocycles. The number of nitrogens with two attached hydrogens (primary N) is 1. The van der Waals surface area contributed by atoms with Gasteiger partial charge in [-0.05, 0) is 18.3 Å². The van der Waals surface area contributed by atoms with E-state index in [1.807, 2.05) is 6.92 Å². The highest BCUT2D eigenvalue weighted by molar-refractivity contribution is 5.95. The molecular formula is C22H36N6O7. The number of aliphatic carboxylic acids is 2. The first-order chi connectivity index (χ1) is 16.3. The lowest BCUT2D eigenvalue weighted by atomic mass is 9.99. The van der Waals surface area contributed by atoms with Crippen LogP contribution in [0.4, 0.5) is 0 Å². The Bertz CT molecular complexity index is 874. The molecule has 0 radical (unpaired) electrons.